The van der Waals surface area contributed by atoms with Gasteiger partial charge in [0, 0.05) is 22.6 Å². The van der Waals surface area contributed by atoms with Crippen LogP contribution in [0.25, 0.3) is 0 Å². The van der Waals surface area contributed by atoms with E-state index in [1.807, 2.05) is 30.3 Å². The van der Waals surface area contributed by atoms with E-state index in [1.54, 1.807) is 23.5 Å². The van der Waals surface area contributed by atoms with Crippen LogP contribution in [0.1, 0.15) is 246 Å². The Balaban J connectivity index is 1.39. The number of para-hydroxylation sites is 2. The van der Waals surface area contributed by atoms with E-state index in [0.717, 1.165) is 56.8 Å². The summed E-state index contributed by atoms with van der Waals surface area (Å²) < 4.78 is 12.8. The van der Waals surface area contributed by atoms with Crippen molar-refractivity contribution >= 4 is 58.1 Å². The summed E-state index contributed by atoms with van der Waals surface area (Å²) in [4.78, 5) is 4.25. The molecule has 0 aliphatic heterocycles. The highest BCUT2D eigenvalue weighted by Crippen LogP contribution is 2.44. The van der Waals surface area contributed by atoms with Gasteiger partial charge in [-0.25, -0.2) is 0 Å². The number of ether oxygens (including phenoxy) is 2. The van der Waals surface area contributed by atoms with E-state index >= 15 is 0 Å². The number of thiocarbonyl (C=S) groups is 2. The zero-order chi connectivity index (χ0) is 47.1. The fourth-order valence-corrected chi connectivity index (χ4v) is 11.5. The Morgan fingerprint density at radius 3 is 1.17 bits per heavy atom. The fraction of sp³-hybridized carbons (Fsp3) is 0.667. The van der Waals surface area contributed by atoms with Crippen LogP contribution in [0.5, 0.6) is 11.5 Å². The van der Waals surface area contributed by atoms with Gasteiger partial charge in [-0.05, 0) is 85.5 Å². The minimum Gasteiger partial charge on any atom is -0.449 e. The van der Waals surface area contributed by atoms with Crippen LogP contribution in [-0.4, -0.2) is 10.1 Å². The van der Waals surface area contributed by atoms with Crippen molar-refractivity contribution < 1.29 is 9.47 Å². The third-order valence-electron chi connectivity index (χ3n) is 13.5. The molecular weight excluding hydrogens is 881 g/mol. The van der Waals surface area contributed by atoms with Crippen molar-refractivity contribution in [1.29, 1.82) is 0 Å². The van der Waals surface area contributed by atoms with E-state index in [1.165, 1.54) is 193 Å². The zero-order valence-electron chi connectivity index (χ0n) is 42.5. The largest absolute Gasteiger partial charge is 0.449 e. The highest BCUT2D eigenvalue weighted by atomic mass is 32.2. The van der Waals surface area contributed by atoms with Crippen LogP contribution in [-0.2, 0) is 0 Å². The maximum Gasteiger partial charge on any atom is 0.167 e. The Hall–Kier alpha value is -1.86. The third-order valence-corrected chi connectivity index (χ3v) is 16.4. The second kappa shape index (κ2) is 39.9. The number of unbranched alkanes of at least 4 members (excludes halogenated alkanes) is 24. The number of hydrogen-bond donors (Lipinski definition) is 0. The smallest absolute Gasteiger partial charge is 0.167 e. The van der Waals surface area contributed by atoms with Crippen LogP contribution in [0.15, 0.2) is 86.3 Å². The highest BCUT2D eigenvalue weighted by molar-refractivity contribution is 8.02. The van der Waals surface area contributed by atoms with Gasteiger partial charge in [-0.3, -0.25) is 0 Å². The van der Waals surface area contributed by atoms with Gasteiger partial charge in [-0.15, -0.1) is 0 Å². The minimum atomic E-state index is 0.686. The molecule has 2 atom stereocenters. The molecule has 3 aromatic carbocycles. The molecule has 0 bridgehead atoms. The van der Waals surface area contributed by atoms with Crippen LogP contribution < -0.4 is 9.47 Å². The van der Waals surface area contributed by atoms with Crippen molar-refractivity contribution in [3.05, 3.63) is 72.8 Å². The van der Waals surface area contributed by atoms with Crippen molar-refractivity contribution in [1.82, 2.24) is 0 Å². The standard InChI is InChI=1S/C60H93O2S4/c1-5-9-11-13-15-17-19-21-23-25-27-29-31-39-51(7-3)47-49-59(63)61-53-41-33-35-43-55(53)65-57-45-37-38-46-58(57)66-56-44-36-34-42-54(56)62-60(64)50-48-52(8-4)40-32-30-28-26-24-22-20-18-16-14-12-10-6-2/h33-38,41-45,51-52H,5-32,39-40,47-50H2,1-4H3. The first-order valence-electron chi connectivity index (χ1n) is 27.4. The summed E-state index contributed by atoms with van der Waals surface area (Å²) in [6, 6.07) is 26.3. The quantitative estimate of drug-likeness (QED) is 0.0413. The predicted octanol–water partition coefficient (Wildman–Crippen LogP) is 21.8. The van der Waals surface area contributed by atoms with E-state index in [-0.39, 0.29) is 0 Å². The summed E-state index contributed by atoms with van der Waals surface area (Å²) >= 11 is 15.1. The molecule has 6 heteroatoms. The average Bonchev–Trinajstić information content (AvgIpc) is 3.33. The molecular formula is C60H93O2S4. The van der Waals surface area contributed by atoms with E-state index in [9.17, 15) is 0 Å². The molecule has 3 rings (SSSR count). The summed E-state index contributed by atoms with van der Waals surface area (Å²) in [5.74, 6) is 3.05. The normalized spacial score (nSPS) is 12.3. The summed E-state index contributed by atoms with van der Waals surface area (Å²) in [6.07, 6.45) is 45.3. The average molecular weight is 975 g/mol. The molecule has 0 N–H and O–H groups in total. The summed E-state index contributed by atoms with van der Waals surface area (Å²) in [6.45, 7) is 9.26. The molecule has 1 radical (unpaired) electrons. The van der Waals surface area contributed by atoms with Gasteiger partial charge >= 0.3 is 0 Å². The zero-order valence-corrected chi connectivity index (χ0v) is 45.8. The van der Waals surface area contributed by atoms with Gasteiger partial charge in [0.1, 0.15) is 11.5 Å². The lowest BCUT2D eigenvalue weighted by Gasteiger charge is -2.17. The van der Waals surface area contributed by atoms with Crippen molar-refractivity contribution in [2.75, 3.05) is 0 Å². The van der Waals surface area contributed by atoms with E-state index in [2.05, 4.69) is 70.2 Å². The van der Waals surface area contributed by atoms with Crippen molar-refractivity contribution in [3.8, 4) is 11.5 Å². The lowest BCUT2D eigenvalue weighted by molar-refractivity contribution is 0.408. The first kappa shape index (κ1) is 58.5. The molecule has 2 nitrogen and oxygen atoms in total. The lowest BCUT2D eigenvalue weighted by atomic mass is 9.93. The SMILES string of the molecule is CCCCCCCCCCCCCCCC(CC)CCC(=S)Oc1ccccc1Sc1[c]cccc1Sc1ccccc1OC(=S)CCC(CC)CCCCCCCCCCCCCCC. The topological polar surface area (TPSA) is 18.5 Å². The molecule has 0 aromatic heterocycles. The fourth-order valence-electron chi connectivity index (χ4n) is 9.03. The second-order valence-electron chi connectivity index (χ2n) is 19.1. The molecule has 2 unspecified atom stereocenters. The molecule has 0 fully saturated rings. The van der Waals surface area contributed by atoms with E-state index in [0.29, 0.717) is 21.9 Å². The Labute approximate surface area is 426 Å². The highest BCUT2D eigenvalue weighted by Gasteiger charge is 2.16. The van der Waals surface area contributed by atoms with Gasteiger partial charge in [0.15, 0.2) is 10.1 Å². The second-order valence-corrected chi connectivity index (χ2v) is 22.1. The molecule has 0 aliphatic rings. The molecule has 0 saturated carbocycles. The molecule has 0 heterocycles. The molecule has 3 aromatic rings. The number of benzene rings is 3. The monoisotopic (exact) mass is 974 g/mol. The molecule has 0 saturated heterocycles. The first-order valence-corrected chi connectivity index (χ1v) is 29.9. The summed E-state index contributed by atoms with van der Waals surface area (Å²) in [7, 11) is 0. The minimum absolute atomic E-state index is 0.686. The van der Waals surface area contributed by atoms with E-state index < -0.39 is 0 Å². The van der Waals surface area contributed by atoms with Gasteiger partial charge < -0.3 is 9.47 Å². The van der Waals surface area contributed by atoms with Gasteiger partial charge in [-0.2, -0.15) is 0 Å². The van der Waals surface area contributed by atoms with Crippen molar-refractivity contribution in [3.63, 3.8) is 0 Å². The Morgan fingerprint density at radius 2 is 0.773 bits per heavy atom. The van der Waals surface area contributed by atoms with Gasteiger partial charge in [0.2, 0.25) is 0 Å². The van der Waals surface area contributed by atoms with Crippen LogP contribution in [0, 0.1) is 17.9 Å². The Bertz CT molecular complexity index is 1540. The maximum atomic E-state index is 6.43. The van der Waals surface area contributed by atoms with Crippen LogP contribution in [0.4, 0.5) is 0 Å². The van der Waals surface area contributed by atoms with Gasteiger partial charge in [0.05, 0.1) is 9.79 Å². The maximum absolute atomic E-state index is 6.43. The third kappa shape index (κ3) is 28.0. The summed E-state index contributed by atoms with van der Waals surface area (Å²) in [5, 5.41) is 1.37. The van der Waals surface area contributed by atoms with Gasteiger partial charge in [-0.1, -0.05) is 280 Å². The molecule has 66 heavy (non-hydrogen) atoms. The number of rotatable bonds is 42. The summed E-state index contributed by atoms with van der Waals surface area (Å²) in [5.41, 5.74) is 0. The first-order chi connectivity index (χ1) is 32.5. The van der Waals surface area contributed by atoms with Crippen molar-refractivity contribution in [2.45, 2.75) is 266 Å². The molecule has 0 spiro atoms. The Morgan fingerprint density at radius 1 is 0.424 bits per heavy atom. The lowest BCUT2D eigenvalue weighted by Crippen LogP contribution is -2.09. The molecule has 0 amide bonds. The number of hydrogen-bond acceptors (Lipinski definition) is 6. The van der Waals surface area contributed by atoms with Crippen LogP contribution in [0.3, 0.4) is 0 Å². The van der Waals surface area contributed by atoms with Crippen LogP contribution >= 0.6 is 48.0 Å². The van der Waals surface area contributed by atoms with Crippen molar-refractivity contribution in [2.24, 2.45) is 11.8 Å². The van der Waals surface area contributed by atoms with Gasteiger partial charge in [0.25, 0.3) is 0 Å². The van der Waals surface area contributed by atoms with E-state index in [4.69, 9.17) is 33.9 Å². The molecule has 369 valence electrons. The molecule has 0 aliphatic carbocycles. The van der Waals surface area contributed by atoms with Crippen LogP contribution in [0.2, 0.25) is 0 Å². The predicted molar refractivity (Wildman–Crippen MR) is 300 cm³/mol. The Kier molecular flexibility index (Phi) is 35.4.